The van der Waals surface area contributed by atoms with Crippen molar-refractivity contribution in [2.45, 2.75) is 13.1 Å². The number of rotatable bonds is 7. The smallest absolute Gasteiger partial charge is 0.0246 e. The van der Waals surface area contributed by atoms with Crippen LogP contribution in [0.5, 0.6) is 0 Å². The number of hydrogen-bond donors (Lipinski definition) is 0. The third-order valence-electron chi connectivity index (χ3n) is 5.00. The molecule has 0 amide bonds. The molecule has 0 aliphatic carbocycles. The average Bonchev–Trinajstić information content (AvgIpc) is 2.75. The van der Waals surface area contributed by atoms with Crippen LogP contribution >= 0.6 is 0 Å². The van der Waals surface area contributed by atoms with Gasteiger partial charge in [0.15, 0.2) is 0 Å². The van der Waals surface area contributed by atoms with E-state index in [1.165, 1.54) is 27.5 Å². The number of benzene rings is 4. The van der Waals surface area contributed by atoms with Crippen molar-refractivity contribution in [3.63, 3.8) is 0 Å². The summed E-state index contributed by atoms with van der Waals surface area (Å²) in [5.74, 6) is 0. The van der Waals surface area contributed by atoms with E-state index in [0.717, 1.165) is 19.6 Å². The maximum Gasteiger partial charge on any atom is 0.0246 e. The van der Waals surface area contributed by atoms with Crippen molar-refractivity contribution < 1.29 is 0 Å². The first-order valence-corrected chi connectivity index (χ1v) is 9.83. The maximum atomic E-state index is 2.50. The molecule has 4 rings (SSSR count). The molecule has 0 aliphatic rings. The second-order valence-corrected chi connectivity index (χ2v) is 7.11. The van der Waals surface area contributed by atoms with Crippen LogP contribution in [0.4, 0.5) is 0 Å². The summed E-state index contributed by atoms with van der Waals surface area (Å²) in [7, 11) is 0. The molecule has 4 aromatic rings. The molecule has 0 fully saturated rings. The first-order valence-electron chi connectivity index (χ1n) is 9.83. The third-order valence-corrected chi connectivity index (χ3v) is 5.00. The standard InChI is InChI=1S/C27H25N/c1-3-11-23(12-4-1)15-10-20-28(21-24-13-5-2-6-14-24)22-26-18-9-17-25-16-7-8-19-27(25)26/h1-19H,20-22H2/b15-10+. The van der Waals surface area contributed by atoms with Gasteiger partial charge in [0, 0.05) is 19.6 Å². The van der Waals surface area contributed by atoms with Crippen LogP contribution in [0.1, 0.15) is 16.7 Å². The zero-order valence-corrected chi connectivity index (χ0v) is 16.0. The molecule has 4 aromatic carbocycles. The molecule has 0 aromatic heterocycles. The SMILES string of the molecule is C(=C\c1ccccc1)/CN(Cc1ccccc1)Cc1cccc2ccccc12. The molecule has 0 spiro atoms. The lowest BCUT2D eigenvalue weighted by atomic mass is 10.0. The summed E-state index contributed by atoms with van der Waals surface area (Å²) in [5, 5.41) is 2.65. The van der Waals surface area contributed by atoms with E-state index < -0.39 is 0 Å². The van der Waals surface area contributed by atoms with Gasteiger partial charge in [-0.1, -0.05) is 115 Å². The maximum absolute atomic E-state index is 2.50. The van der Waals surface area contributed by atoms with Crippen LogP contribution in [0.2, 0.25) is 0 Å². The van der Waals surface area contributed by atoms with Gasteiger partial charge in [0.2, 0.25) is 0 Å². The Morgan fingerprint density at radius 2 is 1.29 bits per heavy atom. The van der Waals surface area contributed by atoms with Gasteiger partial charge in [0.25, 0.3) is 0 Å². The molecule has 0 N–H and O–H groups in total. The van der Waals surface area contributed by atoms with Crippen LogP contribution in [0.25, 0.3) is 16.8 Å². The van der Waals surface area contributed by atoms with Crippen molar-refractivity contribution in [1.82, 2.24) is 4.90 Å². The Morgan fingerprint density at radius 1 is 0.607 bits per heavy atom. The van der Waals surface area contributed by atoms with E-state index in [1.807, 2.05) is 0 Å². The predicted molar refractivity (Wildman–Crippen MR) is 120 cm³/mol. The van der Waals surface area contributed by atoms with Gasteiger partial charge in [-0.25, -0.2) is 0 Å². The third kappa shape index (κ3) is 4.76. The van der Waals surface area contributed by atoms with Gasteiger partial charge in [-0.05, 0) is 27.5 Å². The topological polar surface area (TPSA) is 3.24 Å². The molecule has 28 heavy (non-hydrogen) atoms. The minimum absolute atomic E-state index is 0.910. The van der Waals surface area contributed by atoms with Crippen LogP contribution in [0.15, 0.2) is 109 Å². The molecule has 0 saturated carbocycles. The highest BCUT2D eigenvalue weighted by molar-refractivity contribution is 5.85. The second-order valence-electron chi connectivity index (χ2n) is 7.11. The summed E-state index contributed by atoms with van der Waals surface area (Å²) in [6.45, 7) is 2.77. The van der Waals surface area contributed by atoms with E-state index in [1.54, 1.807) is 0 Å². The summed E-state index contributed by atoms with van der Waals surface area (Å²) in [6, 6.07) is 36.5. The molecule has 1 heteroatoms. The molecule has 0 aliphatic heterocycles. The second kappa shape index (κ2) is 9.16. The molecular formula is C27H25N. The first kappa shape index (κ1) is 18.2. The molecule has 0 saturated heterocycles. The van der Waals surface area contributed by atoms with E-state index in [4.69, 9.17) is 0 Å². The highest BCUT2D eigenvalue weighted by atomic mass is 15.1. The molecule has 0 heterocycles. The van der Waals surface area contributed by atoms with Gasteiger partial charge < -0.3 is 0 Å². The van der Waals surface area contributed by atoms with Crippen LogP contribution in [-0.2, 0) is 13.1 Å². The zero-order chi connectivity index (χ0) is 19.0. The van der Waals surface area contributed by atoms with E-state index in [0.29, 0.717) is 0 Å². The van der Waals surface area contributed by atoms with Gasteiger partial charge in [-0.3, -0.25) is 4.90 Å². The van der Waals surface area contributed by atoms with Crippen LogP contribution in [-0.4, -0.2) is 11.4 Å². The molecule has 0 unspecified atom stereocenters. The largest absolute Gasteiger partial charge is 0.291 e. The quantitative estimate of drug-likeness (QED) is 0.359. The van der Waals surface area contributed by atoms with Crippen LogP contribution in [0, 0.1) is 0 Å². The fourth-order valence-electron chi connectivity index (χ4n) is 3.60. The van der Waals surface area contributed by atoms with E-state index in [9.17, 15) is 0 Å². The zero-order valence-electron chi connectivity index (χ0n) is 16.0. The van der Waals surface area contributed by atoms with Crippen molar-refractivity contribution in [3.8, 4) is 0 Å². The lowest BCUT2D eigenvalue weighted by Gasteiger charge is -2.22. The van der Waals surface area contributed by atoms with Crippen molar-refractivity contribution >= 4 is 16.8 Å². The van der Waals surface area contributed by atoms with E-state index >= 15 is 0 Å². The monoisotopic (exact) mass is 363 g/mol. The molecule has 0 bridgehead atoms. The number of fused-ring (bicyclic) bond motifs is 1. The first-order chi connectivity index (χ1) is 13.9. The van der Waals surface area contributed by atoms with Gasteiger partial charge >= 0.3 is 0 Å². The highest BCUT2D eigenvalue weighted by Crippen LogP contribution is 2.21. The van der Waals surface area contributed by atoms with Gasteiger partial charge in [-0.15, -0.1) is 0 Å². The summed E-state index contributed by atoms with van der Waals surface area (Å²) in [5.41, 5.74) is 3.96. The molecule has 1 nitrogen and oxygen atoms in total. The molecule has 0 radical (unpaired) electrons. The van der Waals surface area contributed by atoms with E-state index in [2.05, 4.69) is 120 Å². The summed E-state index contributed by atoms with van der Waals surface area (Å²) < 4.78 is 0. The Balaban J connectivity index is 1.56. The molecule has 0 atom stereocenters. The van der Waals surface area contributed by atoms with Crippen molar-refractivity contribution in [2.24, 2.45) is 0 Å². The average molecular weight is 364 g/mol. The van der Waals surface area contributed by atoms with Crippen molar-refractivity contribution in [2.75, 3.05) is 6.54 Å². The lowest BCUT2D eigenvalue weighted by molar-refractivity contribution is 0.287. The normalized spacial score (nSPS) is 11.5. The van der Waals surface area contributed by atoms with Crippen LogP contribution in [0.3, 0.4) is 0 Å². The Labute approximate surface area is 167 Å². The van der Waals surface area contributed by atoms with Gasteiger partial charge in [0.05, 0.1) is 0 Å². The Kier molecular flexibility index (Phi) is 5.96. The minimum Gasteiger partial charge on any atom is -0.291 e. The summed E-state index contributed by atoms with van der Waals surface area (Å²) in [4.78, 5) is 2.50. The highest BCUT2D eigenvalue weighted by Gasteiger charge is 2.08. The predicted octanol–water partition coefficient (Wildman–Crippen LogP) is 6.56. The van der Waals surface area contributed by atoms with E-state index in [-0.39, 0.29) is 0 Å². The fourth-order valence-corrected chi connectivity index (χ4v) is 3.60. The van der Waals surface area contributed by atoms with Gasteiger partial charge in [0.1, 0.15) is 0 Å². The molecular weight excluding hydrogens is 338 g/mol. The Hall–Kier alpha value is -3.16. The Bertz CT molecular complexity index is 1030. The minimum atomic E-state index is 0.910. The fraction of sp³-hybridized carbons (Fsp3) is 0.111. The lowest BCUT2D eigenvalue weighted by Crippen LogP contribution is -2.23. The van der Waals surface area contributed by atoms with Crippen molar-refractivity contribution in [1.29, 1.82) is 0 Å². The van der Waals surface area contributed by atoms with Crippen molar-refractivity contribution in [3.05, 3.63) is 126 Å². The van der Waals surface area contributed by atoms with Crippen LogP contribution < -0.4 is 0 Å². The molecule has 138 valence electrons. The Morgan fingerprint density at radius 3 is 2.11 bits per heavy atom. The summed E-state index contributed by atoms with van der Waals surface area (Å²) in [6.07, 6.45) is 4.48. The number of hydrogen-bond acceptors (Lipinski definition) is 1. The number of nitrogens with zero attached hydrogens (tertiary/aromatic N) is 1. The van der Waals surface area contributed by atoms with Gasteiger partial charge in [-0.2, -0.15) is 0 Å². The summed E-state index contributed by atoms with van der Waals surface area (Å²) >= 11 is 0.